The fourth-order valence-electron chi connectivity index (χ4n) is 3.33. The molecule has 0 aliphatic heterocycles. The standard InChI is InChI=1S/C25H24F2N4O3S/c1-16-22(15-35-25-30-20-5-2-3-6-21(20)31-25)28-8-7-23(16)34-10-4-9-33-14-24(32)29-19-12-17(26)11-18(27)13-19/h2-3,5-8,11-13H,4,9-10,14-15H2,1H3,(H,29,32)(H,30,31). The fourth-order valence-corrected chi connectivity index (χ4v) is 4.24. The van der Waals surface area contributed by atoms with Gasteiger partial charge in [-0.1, -0.05) is 23.9 Å². The van der Waals surface area contributed by atoms with E-state index in [0.717, 1.165) is 51.4 Å². The number of aromatic amines is 1. The van der Waals surface area contributed by atoms with E-state index in [4.69, 9.17) is 9.47 Å². The minimum atomic E-state index is -0.763. The number of fused-ring (bicyclic) bond motifs is 1. The van der Waals surface area contributed by atoms with Crippen LogP contribution in [-0.2, 0) is 15.3 Å². The molecule has 0 spiro atoms. The molecule has 0 saturated heterocycles. The number of anilines is 1. The Hall–Kier alpha value is -3.50. The van der Waals surface area contributed by atoms with E-state index in [0.29, 0.717) is 25.4 Å². The summed E-state index contributed by atoms with van der Waals surface area (Å²) >= 11 is 1.58. The van der Waals surface area contributed by atoms with Crippen molar-refractivity contribution in [2.75, 3.05) is 25.1 Å². The average Bonchev–Trinajstić information content (AvgIpc) is 3.24. The Labute approximate surface area is 205 Å². The number of aromatic nitrogens is 3. The number of H-pyrrole nitrogens is 1. The van der Waals surface area contributed by atoms with Crippen molar-refractivity contribution >= 4 is 34.4 Å². The number of nitrogens with zero attached hydrogens (tertiary/aromatic N) is 2. The van der Waals surface area contributed by atoms with Crippen LogP contribution in [0.2, 0.25) is 0 Å². The van der Waals surface area contributed by atoms with Crippen molar-refractivity contribution in [1.29, 1.82) is 0 Å². The first-order valence-corrected chi connectivity index (χ1v) is 11.9. The first-order valence-electron chi connectivity index (χ1n) is 11.0. The van der Waals surface area contributed by atoms with Gasteiger partial charge in [0, 0.05) is 35.7 Å². The Balaban J connectivity index is 1.18. The summed E-state index contributed by atoms with van der Waals surface area (Å²) in [7, 11) is 0. The van der Waals surface area contributed by atoms with E-state index < -0.39 is 17.5 Å². The highest BCUT2D eigenvalue weighted by atomic mass is 32.2. The van der Waals surface area contributed by atoms with Gasteiger partial charge in [0.15, 0.2) is 5.16 Å². The Morgan fingerprint density at radius 2 is 1.91 bits per heavy atom. The van der Waals surface area contributed by atoms with Gasteiger partial charge in [-0.25, -0.2) is 13.8 Å². The van der Waals surface area contributed by atoms with Crippen LogP contribution in [0.4, 0.5) is 14.5 Å². The zero-order chi connectivity index (χ0) is 24.6. The number of ether oxygens (including phenoxy) is 2. The molecule has 0 aliphatic carbocycles. The number of hydrogen-bond donors (Lipinski definition) is 2. The van der Waals surface area contributed by atoms with Crippen molar-refractivity contribution in [2.24, 2.45) is 0 Å². The van der Waals surface area contributed by atoms with Gasteiger partial charge in [-0.15, -0.1) is 0 Å². The van der Waals surface area contributed by atoms with Crippen LogP contribution in [-0.4, -0.2) is 40.7 Å². The molecule has 2 heterocycles. The maximum Gasteiger partial charge on any atom is 0.250 e. The van der Waals surface area contributed by atoms with E-state index >= 15 is 0 Å². The Kier molecular flexibility index (Phi) is 8.27. The van der Waals surface area contributed by atoms with Gasteiger partial charge in [-0.05, 0) is 37.3 Å². The lowest BCUT2D eigenvalue weighted by Gasteiger charge is -2.12. The molecule has 0 radical (unpaired) electrons. The molecule has 35 heavy (non-hydrogen) atoms. The molecular weight excluding hydrogens is 474 g/mol. The molecule has 2 aromatic heterocycles. The SMILES string of the molecule is Cc1c(OCCCOCC(=O)Nc2cc(F)cc(F)c2)ccnc1CSc1nc2ccccc2[nH]1. The topological polar surface area (TPSA) is 89.1 Å². The molecule has 2 N–H and O–H groups in total. The van der Waals surface area contributed by atoms with E-state index in [9.17, 15) is 13.6 Å². The molecule has 4 aromatic rings. The number of carbonyl (C=O) groups excluding carboxylic acids is 1. The molecule has 0 fully saturated rings. The highest BCUT2D eigenvalue weighted by Crippen LogP contribution is 2.27. The van der Waals surface area contributed by atoms with Crippen molar-refractivity contribution in [3.8, 4) is 5.75 Å². The number of halogens is 2. The predicted octanol–water partition coefficient (Wildman–Crippen LogP) is 5.26. The maximum atomic E-state index is 13.2. The minimum Gasteiger partial charge on any atom is -0.493 e. The molecule has 0 atom stereocenters. The maximum absolute atomic E-state index is 13.2. The smallest absolute Gasteiger partial charge is 0.250 e. The Morgan fingerprint density at radius 3 is 2.71 bits per heavy atom. The van der Waals surface area contributed by atoms with Gasteiger partial charge in [0.05, 0.1) is 29.9 Å². The lowest BCUT2D eigenvalue weighted by Crippen LogP contribution is -2.19. The van der Waals surface area contributed by atoms with Crippen LogP contribution in [0.1, 0.15) is 17.7 Å². The second-order valence-electron chi connectivity index (χ2n) is 7.69. The molecule has 1 amide bonds. The van der Waals surface area contributed by atoms with Crippen LogP contribution in [0.5, 0.6) is 5.75 Å². The summed E-state index contributed by atoms with van der Waals surface area (Å²) in [5.74, 6) is -0.628. The van der Waals surface area contributed by atoms with Gasteiger partial charge in [-0.3, -0.25) is 9.78 Å². The van der Waals surface area contributed by atoms with Crippen molar-refractivity contribution in [3.63, 3.8) is 0 Å². The molecule has 0 unspecified atom stereocenters. The van der Waals surface area contributed by atoms with Crippen LogP contribution in [0.3, 0.4) is 0 Å². The quantitative estimate of drug-likeness (QED) is 0.217. The van der Waals surface area contributed by atoms with Gasteiger partial charge in [0.25, 0.3) is 0 Å². The first kappa shape index (κ1) is 24.6. The van der Waals surface area contributed by atoms with Crippen LogP contribution in [0.25, 0.3) is 11.0 Å². The van der Waals surface area contributed by atoms with Crippen molar-refractivity contribution in [2.45, 2.75) is 24.3 Å². The summed E-state index contributed by atoms with van der Waals surface area (Å²) in [4.78, 5) is 24.2. The predicted molar refractivity (Wildman–Crippen MR) is 131 cm³/mol. The third-order valence-corrected chi connectivity index (χ3v) is 5.93. The average molecular weight is 499 g/mol. The number of rotatable bonds is 11. The van der Waals surface area contributed by atoms with E-state index in [1.165, 1.54) is 0 Å². The highest BCUT2D eigenvalue weighted by molar-refractivity contribution is 7.98. The zero-order valence-corrected chi connectivity index (χ0v) is 19.8. The molecule has 0 bridgehead atoms. The molecule has 0 aliphatic rings. The van der Waals surface area contributed by atoms with Crippen molar-refractivity contribution in [3.05, 3.63) is 77.6 Å². The first-order chi connectivity index (χ1) is 17.0. The molecule has 0 saturated carbocycles. The molecular formula is C25H24F2N4O3S. The Bertz CT molecular complexity index is 1260. The van der Waals surface area contributed by atoms with Gasteiger partial charge in [0.2, 0.25) is 5.91 Å². The van der Waals surface area contributed by atoms with Crippen LogP contribution < -0.4 is 10.1 Å². The summed E-state index contributed by atoms with van der Waals surface area (Å²) in [5, 5.41) is 3.23. The molecule has 4 rings (SSSR count). The summed E-state index contributed by atoms with van der Waals surface area (Å²) in [5.41, 5.74) is 3.84. The molecule has 10 heteroatoms. The number of benzene rings is 2. The van der Waals surface area contributed by atoms with E-state index in [2.05, 4.69) is 20.3 Å². The number of para-hydroxylation sites is 2. The third kappa shape index (κ3) is 7.00. The lowest BCUT2D eigenvalue weighted by atomic mass is 10.2. The third-order valence-electron chi connectivity index (χ3n) is 5.04. The van der Waals surface area contributed by atoms with Gasteiger partial charge in [0.1, 0.15) is 24.0 Å². The lowest BCUT2D eigenvalue weighted by molar-refractivity contribution is -0.120. The number of nitrogens with one attached hydrogen (secondary N) is 2. The van der Waals surface area contributed by atoms with Crippen LogP contribution in [0, 0.1) is 18.6 Å². The van der Waals surface area contributed by atoms with E-state index in [1.54, 1.807) is 18.0 Å². The normalized spacial score (nSPS) is 11.1. The van der Waals surface area contributed by atoms with Crippen LogP contribution >= 0.6 is 11.8 Å². The fraction of sp³-hybridized carbons (Fsp3) is 0.240. The Morgan fingerprint density at radius 1 is 1.11 bits per heavy atom. The van der Waals surface area contributed by atoms with E-state index in [1.807, 2.05) is 37.3 Å². The summed E-state index contributed by atoms with van der Waals surface area (Å²) in [6, 6.07) is 12.5. The summed E-state index contributed by atoms with van der Waals surface area (Å²) < 4.78 is 37.6. The molecule has 2 aromatic carbocycles. The number of pyridine rings is 1. The number of carbonyl (C=O) groups is 1. The zero-order valence-electron chi connectivity index (χ0n) is 19.0. The van der Waals surface area contributed by atoms with Gasteiger partial charge < -0.3 is 19.8 Å². The summed E-state index contributed by atoms with van der Waals surface area (Å²) in [6.07, 6.45) is 2.28. The molecule has 7 nitrogen and oxygen atoms in total. The minimum absolute atomic E-state index is 0.0434. The second-order valence-corrected chi connectivity index (χ2v) is 8.65. The largest absolute Gasteiger partial charge is 0.493 e. The highest BCUT2D eigenvalue weighted by Gasteiger charge is 2.10. The molecule has 182 valence electrons. The number of hydrogen-bond acceptors (Lipinski definition) is 6. The monoisotopic (exact) mass is 498 g/mol. The summed E-state index contributed by atoms with van der Waals surface area (Å²) in [6.45, 7) is 2.43. The number of thioether (sulfide) groups is 1. The van der Waals surface area contributed by atoms with Crippen molar-refractivity contribution < 1.29 is 23.0 Å². The van der Waals surface area contributed by atoms with Gasteiger partial charge >= 0.3 is 0 Å². The van der Waals surface area contributed by atoms with Crippen LogP contribution in [0.15, 0.2) is 59.9 Å². The number of imidazole rings is 1. The van der Waals surface area contributed by atoms with E-state index in [-0.39, 0.29) is 12.3 Å². The van der Waals surface area contributed by atoms with Gasteiger partial charge in [-0.2, -0.15) is 0 Å². The number of amides is 1. The second kappa shape index (κ2) is 11.8. The van der Waals surface area contributed by atoms with Crippen molar-refractivity contribution in [1.82, 2.24) is 15.0 Å².